The lowest BCUT2D eigenvalue weighted by Gasteiger charge is -2.15. The van der Waals surface area contributed by atoms with Gasteiger partial charge in [0.1, 0.15) is 6.04 Å². The highest BCUT2D eigenvalue weighted by Gasteiger charge is 2.18. The van der Waals surface area contributed by atoms with Crippen molar-refractivity contribution in [2.24, 2.45) is 5.73 Å². The molecule has 0 radical (unpaired) electrons. The zero-order valence-corrected chi connectivity index (χ0v) is 12.0. The number of hydrogen-bond acceptors (Lipinski definition) is 3. The third-order valence-corrected chi connectivity index (χ3v) is 3.78. The molecule has 0 fully saturated rings. The third-order valence-electron chi connectivity index (χ3n) is 2.63. The molecule has 0 bridgehead atoms. The number of halogens is 1. The molecule has 0 saturated carbocycles. The number of rotatable bonds is 6. The van der Waals surface area contributed by atoms with Crippen LogP contribution in [-0.2, 0) is 11.3 Å². The van der Waals surface area contributed by atoms with E-state index in [1.807, 2.05) is 20.8 Å². The normalized spacial score (nSPS) is 12.7. The summed E-state index contributed by atoms with van der Waals surface area (Å²) in [5.74, 6) is -0.345. The largest absolute Gasteiger partial charge is 0.368 e. The predicted octanol–water partition coefficient (Wildman–Crippen LogP) is 1.12. The maximum atomic E-state index is 11.3. The van der Waals surface area contributed by atoms with E-state index in [1.54, 1.807) is 4.68 Å². The Morgan fingerprint density at radius 1 is 1.59 bits per heavy atom. The highest BCUT2D eigenvalue weighted by atomic mass is 79.9. The van der Waals surface area contributed by atoms with Crippen LogP contribution in [0.3, 0.4) is 0 Å². The van der Waals surface area contributed by atoms with Crippen LogP contribution in [0.1, 0.15) is 24.7 Å². The molecule has 0 saturated heterocycles. The van der Waals surface area contributed by atoms with Gasteiger partial charge >= 0.3 is 0 Å². The van der Waals surface area contributed by atoms with Crippen LogP contribution in [0.2, 0.25) is 0 Å². The number of hydrogen-bond donors (Lipinski definition) is 2. The van der Waals surface area contributed by atoms with E-state index in [0.29, 0.717) is 6.54 Å². The molecule has 5 nitrogen and oxygen atoms in total. The first kappa shape index (κ1) is 14.2. The maximum absolute atomic E-state index is 11.3. The van der Waals surface area contributed by atoms with Gasteiger partial charge in [-0.15, -0.1) is 0 Å². The van der Waals surface area contributed by atoms with E-state index in [-0.39, 0.29) is 11.9 Å². The summed E-state index contributed by atoms with van der Waals surface area (Å²) in [4.78, 5) is 11.3. The number of nitrogens with two attached hydrogens (primary N) is 1. The molecule has 1 amide bonds. The zero-order chi connectivity index (χ0) is 13.0. The van der Waals surface area contributed by atoms with E-state index in [4.69, 9.17) is 5.73 Å². The molecule has 6 heteroatoms. The van der Waals surface area contributed by atoms with E-state index < -0.39 is 0 Å². The number of amides is 1. The molecule has 3 N–H and O–H groups in total. The van der Waals surface area contributed by atoms with Crippen LogP contribution in [0.4, 0.5) is 0 Å². The molecule has 1 rings (SSSR count). The number of carbonyl (C=O) groups excluding carboxylic acids is 1. The molecule has 1 atom stereocenters. The molecular weight excluding hydrogens is 284 g/mol. The Balaban J connectivity index is 2.78. The highest BCUT2D eigenvalue weighted by molar-refractivity contribution is 9.10. The number of carbonyl (C=O) groups is 1. The second-order valence-electron chi connectivity index (χ2n) is 4.08. The van der Waals surface area contributed by atoms with Gasteiger partial charge in [0.25, 0.3) is 0 Å². The summed E-state index contributed by atoms with van der Waals surface area (Å²) in [6.07, 6.45) is 0.963. The maximum Gasteiger partial charge on any atom is 0.236 e. The summed E-state index contributed by atoms with van der Waals surface area (Å²) < 4.78 is 2.79. The molecule has 96 valence electrons. The standard InChI is InChI=1S/C11H19BrN4O/c1-4-5-14-9(11(13)17)6-16-8(3)10(12)7(2)15-16/h9,14H,4-6H2,1-3H3,(H2,13,17). The number of nitrogens with one attached hydrogen (secondary N) is 1. The number of primary amides is 1. The number of aryl methyl sites for hydroxylation is 1. The molecule has 1 heterocycles. The molecule has 0 aliphatic rings. The second-order valence-corrected chi connectivity index (χ2v) is 4.87. The fourth-order valence-electron chi connectivity index (χ4n) is 1.60. The SMILES string of the molecule is CCCNC(Cn1nc(C)c(Br)c1C)C(N)=O. The summed E-state index contributed by atoms with van der Waals surface area (Å²) in [6, 6.07) is -0.375. The van der Waals surface area contributed by atoms with E-state index in [2.05, 4.69) is 26.3 Å². The van der Waals surface area contributed by atoms with Gasteiger partial charge in [-0.3, -0.25) is 9.48 Å². The van der Waals surface area contributed by atoms with E-state index in [9.17, 15) is 4.79 Å². The topological polar surface area (TPSA) is 72.9 Å². The minimum Gasteiger partial charge on any atom is -0.368 e. The summed E-state index contributed by atoms with van der Waals surface area (Å²) in [6.45, 7) is 7.17. The van der Waals surface area contributed by atoms with Crippen molar-refractivity contribution < 1.29 is 4.79 Å². The third kappa shape index (κ3) is 3.54. The Morgan fingerprint density at radius 3 is 2.65 bits per heavy atom. The lowest BCUT2D eigenvalue weighted by Crippen LogP contribution is -2.44. The number of aromatic nitrogens is 2. The summed E-state index contributed by atoms with van der Waals surface area (Å²) >= 11 is 3.46. The van der Waals surface area contributed by atoms with E-state index in [0.717, 1.165) is 28.8 Å². The van der Waals surface area contributed by atoms with Crippen molar-refractivity contribution in [3.05, 3.63) is 15.9 Å². The van der Waals surface area contributed by atoms with Gasteiger partial charge in [-0.25, -0.2) is 0 Å². The van der Waals surface area contributed by atoms with E-state index >= 15 is 0 Å². The van der Waals surface area contributed by atoms with Crippen LogP contribution in [0.5, 0.6) is 0 Å². The smallest absolute Gasteiger partial charge is 0.236 e. The molecular formula is C11H19BrN4O. The first-order valence-electron chi connectivity index (χ1n) is 5.69. The minimum atomic E-state index is -0.375. The minimum absolute atomic E-state index is 0.345. The predicted molar refractivity (Wildman–Crippen MR) is 70.7 cm³/mol. The molecule has 0 aliphatic heterocycles. The van der Waals surface area contributed by atoms with Crippen LogP contribution >= 0.6 is 15.9 Å². The van der Waals surface area contributed by atoms with Gasteiger partial charge in [-0.2, -0.15) is 5.10 Å². The molecule has 0 aliphatic carbocycles. The van der Waals surface area contributed by atoms with Crippen LogP contribution < -0.4 is 11.1 Å². The Labute approximate surface area is 110 Å². The average molecular weight is 303 g/mol. The fraction of sp³-hybridized carbons (Fsp3) is 0.636. The van der Waals surface area contributed by atoms with Gasteiger partial charge in [0, 0.05) is 5.69 Å². The monoisotopic (exact) mass is 302 g/mol. The highest BCUT2D eigenvalue weighted by Crippen LogP contribution is 2.19. The van der Waals surface area contributed by atoms with Gasteiger partial charge in [0.05, 0.1) is 16.7 Å². The van der Waals surface area contributed by atoms with Crippen LogP contribution in [0.25, 0.3) is 0 Å². The Morgan fingerprint density at radius 2 is 2.24 bits per heavy atom. The van der Waals surface area contributed by atoms with Gasteiger partial charge < -0.3 is 11.1 Å². The first-order valence-corrected chi connectivity index (χ1v) is 6.48. The first-order chi connectivity index (χ1) is 7.97. The molecule has 0 spiro atoms. The Hall–Kier alpha value is -0.880. The second kappa shape index (κ2) is 6.16. The molecule has 1 unspecified atom stereocenters. The Kier molecular flexibility index (Phi) is 5.14. The fourth-order valence-corrected chi connectivity index (χ4v) is 1.88. The van der Waals surface area contributed by atoms with Crippen molar-refractivity contribution in [3.63, 3.8) is 0 Å². The van der Waals surface area contributed by atoms with Gasteiger partial charge in [-0.1, -0.05) is 6.92 Å². The van der Waals surface area contributed by atoms with Crippen molar-refractivity contribution >= 4 is 21.8 Å². The van der Waals surface area contributed by atoms with Gasteiger partial charge in [-0.05, 0) is 42.7 Å². The van der Waals surface area contributed by atoms with Crippen molar-refractivity contribution in [1.82, 2.24) is 15.1 Å². The van der Waals surface area contributed by atoms with Crippen molar-refractivity contribution in [2.75, 3.05) is 6.54 Å². The van der Waals surface area contributed by atoms with Crippen molar-refractivity contribution in [1.29, 1.82) is 0 Å². The Bertz CT molecular complexity index is 402. The molecule has 1 aromatic rings. The van der Waals surface area contributed by atoms with Crippen molar-refractivity contribution in [2.45, 2.75) is 39.8 Å². The van der Waals surface area contributed by atoms with Gasteiger partial charge in [0.2, 0.25) is 5.91 Å². The number of nitrogens with zero attached hydrogens (tertiary/aromatic N) is 2. The van der Waals surface area contributed by atoms with Crippen LogP contribution in [-0.4, -0.2) is 28.3 Å². The average Bonchev–Trinajstić information content (AvgIpc) is 2.51. The van der Waals surface area contributed by atoms with Crippen LogP contribution in [0.15, 0.2) is 4.47 Å². The van der Waals surface area contributed by atoms with Gasteiger partial charge in [0.15, 0.2) is 0 Å². The summed E-state index contributed by atoms with van der Waals surface area (Å²) in [7, 11) is 0. The lowest BCUT2D eigenvalue weighted by atomic mass is 10.2. The molecule has 17 heavy (non-hydrogen) atoms. The van der Waals surface area contributed by atoms with Crippen molar-refractivity contribution in [3.8, 4) is 0 Å². The lowest BCUT2D eigenvalue weighted by molar-refractivity contribution is -0.120. The quantitative estimate of drug-likeness (QED) is 0.827. The zero-order valence-electron chi connectivity index (χ0n) is 10.5. The van der Waals surface area contributed by atoms with Crippen LogP contribution in [0, 0.1) is 13.8 Å². The summed E-state index contributed by atoms with van der Waals surface area (Å²) in [5.41, 5.74) is 7.29. The van der Waals surface area contributed by atoms with E-state index in [1.165, 1.54) is 0 Å². The molecule has 0 aromatic carbocycles. The molecule has 1 aromatic heterocycles. The summed E-state index contributed by atoms with van der Waals surface area (Å²) in [5, 5.41) is 7.48.